The second-order valence-corrected chi connectivity index (χ2v) is 5.49. The first kappa shape index (κ1) is 17.8. The average molecular weight is 344 g/mol. The Morgan fingerprint density at radius 1 is 1.33 bits per heavy atom. The molecule has 24 heavy (non-hydrogen) atoms. The van der Waals surface area contributed by atoms with Crippen molar-refractivity contribution in [1.82, 2.24) is 20.6 Å². The summed E-state index contributed by atoms with van der Waals surface area (Å²) in [5.74, 6) is -6.31. The smallest absolute Gasteiger partial charge is 0.308 e. The van der Waals surface area contributed by atoms with Gasteiger partial charge in [-0.1, -0.05) is 0 Å². The number of aromatic nitrogens is 2. The van der Waals surface area contributed by atoms with Crippen LogP contribution in [0.25, 0.3) is 0 Å². The van der Waals surface area contributed by atoms with Gasteiger partial charge in [0.1, 0.15) is 5.69 Å². The Morgan fingerprint density at radius 3 is 2.62 bits per heavy atom. The van der Waals surface area contributed by atoms with E-state index in [0.29, 0.717) is 0 Å². The van der Waals surface area contributed by atoms with Crippen LogP contribution in [0, 0.1) is 5.92 Å². The first-order valence-electron chi connectivity index (χ1n) is 7.32. The Kier molecular flexibility index (Phi) is 5.15. The Bertz CT molecular complexity index is 646. The van der Waals surface area contributed by atoms with Gasteiger partial charge in [-0.15, -0.1) is 0 Å². The van der Waals surface area contributed by atoms with Gasteiger partial charge in [0.15, 0.2) is 5.69 Å². The third-order valence-corrected chi connectivity index (χ3v) is 3.98. The lowest BCUT2D eigenvalue weighted by atomic mass is 9.83. The summed E-state index contributed by atoms with van der Waals surface area (Å²) in [5, 5.41) is 4.52. The molecule has 1 heterocycles. The number of rotatable bonds is 4. The number of ether oxygens (including phenoxy) is 1. The van der Waals surface area contributed by atoms with Gasteiger partial charge in [-0.05, 0) is 12.8 Å². The van der Waals surface area contributed by atoms with Gasteiger partial charge >= 0.3 is 5.97 Å². The zero-order valence-corrected chi connectivity index (χ0v) is 13.2. The van der Waals surface area contributed by atoms with Crippen LogP contribution in [0.15, 0.2) is 6.33 Å². The minimum absolute atomic E-state index is 0.0814. The molecule has 0 unspecified atom stereocenters. The maximum absolute atomic E-state index is 14.2. The highest BCUT2D eigenvalue weighted by atomic mass is 19.3. The lowest BCUT2D eigenvalue weighted by Crippen LogP contribution is -2.52. The van der Waals surface area contributed by atoms with E-state index >= 15 is 0 Å². The summed E-state index contributed by atoms with van der Waals surface area (Å²) in [6.07, 6.45) is 0.530. The molecule has 0 bridgehead atoms. The zero-order valence-electron chi connectivity index (χ0n) is 13.2. The molecule has 2 rings (SSSR count). The lowest BCUT2D eigenvalue weighted by molar-refractivity contribution is -0.154. The summed E-state index contributed by atoms with van der Waals surface area (Å²) in [5.41, 5.74) is -0.373. The molecule has 3 N–H and O–H groups in total. The van der Waals surface area contributed by atoms with E-state index in [2.05, 4.69) is 25.3 Å². The third kappa shape index (κ3) is 3.52. The van der Waals surface area contributed by atoms with Crippen LogP contribution in [-0.2, 0) is 9.53 Å². The molecular formula is C14H18F2N4O4. The molecule has 0 radical (unpaired) electrons. The molecule has 0 aromatic carbocycles. The third-order valence-electron chi connectivity index (χ3n) is 3.98. The first-order chi connectivity index (χ1) is 11.3. The Labute approximate surface area is 136 Å². The van der Waals surface area contributed by atoms with Crippen LogP contribution in [0.1, 0.15) is 40.2 Å². The van der Waals surface area contributed by atoms with Crippen molar-refractivity contribution in [3.63, 3.8) is 0 Å². The molecule has 0 aliphatic heterocycles. The van der Waals surface area contributed by atoms with Gasteiger partial charge in [-0.25, -0.2) is 13.8 Å². The highest BCUT2D eigenvalue weighted by Crippen LogP contribution is 2.37. The number of H-pyrrole nitrogens is 1. The number of hydrogen-bond donors (Lipinski definition) is 3. The van der Waals surface area contributed by atoms with Gasteiger partial charge in [-0.3, -0.25) is 14.4 Å². The van der Waals surface area contributed by atoms with Gasteiger partial charge in [0.05, 0.1) is 25.4 Å². The highest BCUT2D eigenvalue weighted by Gasteiger charge is 2.48. The number of carbonyl (C=O) groups is 3. The summed E-state index contributed by atoms with van der Waals surface area (Å²) in [6, 6.07) is -1.44. The monoisotopic (exact) mass is 344 g/mol. The number of aromatic amines is 1. The second kappa shape index (κ2) is 6.93. The second-order valence-electron chi connectivity index (χ2n) is 5.49. The maximum Gasteiger partial charge on any atom is 0.308 e. The van der Waals surface area contributed by atoms with Gasteiger partial charge in [0.2, 0.25) is 0 Å². The van der Waals surface area contributed by atoms with Gasteiger partial charge in [0.25, 0.3) is 17.7 Å². The molecule has 1 aromatic heterocycles. The molecule has 1 fully saturated rings. The summed E-state index contributed by atoms with van der Waals surface area (Å²) in [4.78, 5) is 41.4. The van der Waals surface area contributed by atoms with E-state index in [1.165, 1.54) is 7.05 Å². The standard InChI is InChI=1S/C14H18F2N4O4/c1-17-11(21)9-10(19-6-18-9)12(22)20-8-4-3-7(13(23)24-2)5-14(8,15)16/h6-8H,3-5H2,1-2H3,(H,17,21)(H,18,19)(H,20,22)/t7-,8-/m0/s1. The average Bonchev–Trinajstić information content (AvgIpc) is 3.04. The molecule has 2 amide bonds. The van der Waals surface area contributed by atoms with E-state index in [1.807, 2.05) is 0 Å². The number of methoxy groups -OCH3 is 1. The van der Waals surface area contributed by atoms with Crippen molar-refractivity contribution in [3.8, 4) is 0 Å². The molecular weight excluding hydrogens is 326 g/mol. The fraction of sp³-hybridized carbons (Fsp3) is 0.571. The summed E-state index contributed by atoms with van der Waals surface area (Å²) < 4.78 is 32.9. The van der Waals surface area contributed by atoms with Crippen molar-refractivity contribution in [1.29, 1.82) is 0 Å². The normalized spacial score (nSPS) is 22.5. The molecule has 0 spiro atoms. The highest BCUT2D eigenvalue weighted by molar-refractivity contribution is 6.04. The minimum Gasteiger partial charge on any atom is -0.469 e. The maximum atomic E-state index is 14.2. The number of halogens is 2. The molecule has 1 aromatic rings. The molecule has 0 saturated heterocycles. The van der Waals surface area contributed by atoms with Crippen LogP contribution < -0.4 is 10.6 Å². The number of esters is 1. The van der Waals surface area contributed by atoms with E-state index in [1.54, 1.807) is 0 Å². The predicted molar refractivity (Wildman–Crippen MR) is 77.5 cm³/mol. The van der Waals surface area contributed by atoms with E-state index in [-0.39, 0.29) is 24.2 Å². The van der Waals surface area contributed by atoms with Crippen LogP contribution in [0.2, 0.25) is 0 Å². The molecule has 1 aliphatic carbocycles. The number of hydrogen-bond acceptors (Lipinski definition) is 5. The Morgan fingerprint density at radius 2 is 2.04 bits per heavy atom. The SMILES string of the molecule is CNC(=O)c1nc[nH]c1C(=O)N[C@H]1CC[C@H](C(=O)OC)CC1(F)F. The van der Waals surface area contributed by atoms with Crippen molar-refractivity contribution in [2.45, 2.75) is 31.2 Å². The molecule has 132 valence electrons. The largest absolute Gasteiger partial charge is 0.469 e. The molecule has 2 atom stereocenters. The number of nitrogens with one attached hydrogen (secondary N) is 3. The molecule has 10 heteroatoms. The van der Waals surface area contributed by atoms with E-state index in [4.69, 9.17) is 0 Å². The van der Waals surface area contributed by atoms with Crippen molar-refractivity contribution < 1.29 is 27.9 Å². The Hall–Kier alpha value is -2.52. The fourth-order valence-electron chi connectivity index (χ4n) is 2.69. The van der Waals surface area contributed by atoms with Gasteiger partial charge < -0.3 is 20.4 Å². The van der Waals surface area contributed by atoms with Gasteiger partial charge in [0, 0.05) is 13.5 Å². The van der Waals surface area contributed by atoms with E-state index < -0.39 is 42.1 Å². The minimum atomic E-state index is -3.26. The number of carbonyl (C=O) groups excluding carboxylic acids is 3. The summed E-state index contributed by atoms with van der Waals surface area (Å²) in [6.45, 7) is 0. The van der Waals surface area contributed by atoms with Crippen LogP contribution in [0.5, 0.6) is 0 Å². The van der Waals surface area contributed by atoms with Crippen LogP contribution in [-0.4, -0.2) is 53.9 Å². The number of alkyl halides is 2. The summed E-state index contributed by atoms with van der Waals surface area (Å²) >= 11 is 0. The Balaban J connectivity index is 2.09. The van der Waals surface area contributed by atoms with E-state index in [0.717, 1.165) is 13.4 Å². The predicted octanol–water partition coefficient (Wildman–Crippen LogP) is 0.476. The van der Waals surface area contributed by atoms with E-state index in [9.17, 15) is 23.2 Å². The fourth-order valence-corrected chi connectivity index (χ4v) is 2.69. The van der Waals surface area contributed by atoms with Crippen molar-refractivity contribution >= 4 is 17.8 Å². The first-order valence-corrected chi connectivity index (χ1v) is 7.32. The topological polar surface area (TPSA) is 113 Å². The van der Waals surface area contributed by atoms with Crippen LogP contribution >= 0.6 is 0 Å². The van der Waals surface area contributed by atoms with Crippen molar-refractivity contribution in [2.24, 2.45) is 5.92 Å². The summed E-state index contributed by atoms with van der Waals surface area (Å²) in [7, 11) is 2.51. The lowest BCUT2D eigenvalue weighted by Gasteiger charge is -2.35. The van der Waals surface area contributed by atoms with Crippen molar-refractivity contribution in [2.75, 3.05) is 14.2 Å². The molecule has 1 aliphatic rings. The van der Waals surface area contributed by atoms with Crippen molar-refractivity contribution in [3.05, 3.63) is 17.7 Å². The van der Waals surface area contributed by atoms with Crippen LogP contribution in [0.3, 0.4) is 0 Å². The van der Waals surface area contributed by atoms with Crippen LogP contribution in [0.4, 0.5) is 8.78 Å². The van der Waals surface area contributed by atoms with Gasteiger partial charge in [-0.2, -0.15) is 0 Å². The number of amides is 2. The zero-order chi connectivity index (χ0) is 17.9. The number of imidazole rings is 1. The molecule has 1 saturated carbocycles. The number of nitrogens with zero attached hydrogens (tertiary/aromatic N) is 1. The quantitative estimate of drug-likeness (QED) is 0.688. The molecule has 8 nitrogen and oxygen atoms in total.